The Kier molecular flexibility index (Phi) is 3.22. The highest BCUT2D eigenvalue weighted by atomic mass is 14.9. The highest BCUT2D eigenvalue weighted by molar-refractivity contribution is 5.75. The van der Waals surface area contributed by atoms with Crippen LogP contribution in [0.5, 0.6) is 0 Å². The summed E-state index contributed by atoms with van der Waals surface area (Å²) in [5.41, 5.74) is 9.11. The van der Waals surface area contributed by atoms with Crippen molar-refractivity contribution < 1.29 is 0 Å². The normalized spacial score (nSPS) is 18.4. The van der Waals surface area contributed by atoms with Gasteiger partial charge in [-0.15, -0.1) is 0 Å². The molecule has 24 heavy (non-hydrogen) atoms. The van der Waals surface area contributed by atoms with Gasteiger partial charge in [-0.2, -0.15) is 0 Å². The third kappa shape index (κ3) is 2.17. The molecule has 0 spiro atoms. The summed E-state index contributed by atoms with van der Waals surface area (Å²) >= 11 is 0. The van der Waals surface area contributed by atoms with Crippen molar-refractivity contribution >= 4 is 0 Å². The van der Waals surface area contributed by atoms with E-state index in [2.05, 4.69) is 46.4 Å². The summed E-state index contributed by atoms with van der Waals surface area (Å²) in [5, 5.41) is 0. The van der Waals surface area contributed by atoms with Gasteiger partial charge in [0.05, 0.1) is 0 Å². The standard InChI is InChI=1S/C22H20N2/c1-2-5-18-15(4-1)6-10-21-19-9-8-17(22-23-12-3-13-24-22)14-16(19)7-11-20(18)21/h1-5,7,11-13,17H,6,8-10,14H2. The summed E-state index contributed by atoms with van der Waals surface area (Å²) in [4.78, 5) is 8.96. The lowest BCUT2D eigenvalue weighted by Crippen LogP contribution is -2.18. The van der Waals surface area contributed by atoms with Crippen LogP contribution in [-0.4, -0.2) is 9.97 Å². The third-order valence-corrected chi connectivity index (χ3v) is 5.64. The maximum atomic E-state index is 4.48. The van der Waals surface area contributed by atoms with Gasteiger partial charge in [0.2, 0.25) is 0 Å². The number of aromatic nitrogens is 2. The number of fused-ring (bicyclic) bond motifs is 5. The van der Waals surface area contributed by atoms with Crippen LogP contribution < -0.4 is 0 Å². The first-order chi connectivity index (χ1) is 11.9. The van der Waals surface area contributed by atoms with Crippen LogP contribution in [0.2, 0.25) is 0 Å². The Labute approximate surface area is 142 Å². The number of aryl methyl sites for hydroxylation is 1. The Hall–Kier alpha value is -2.48. The van der Waals surface area contributed by atoms with Crippen LogP contribution in [-0.2, 0) is 25.7 Å². The summed E-state index contributed by atoms with van der Waals surface area (Å²) in [7, 11) is 0. The molecule has 0 aliphatic heterocycles. The van der Waals surface area contributed by atoms with Crippen molar-refractivity contribution in [2.75, 3.05) is 0 Å². The number of hydrogen-bond donors (Lipinski definition) is 0. The quantitative estimate of drug-likeness (QED) is 0.660. The van der Waals surface area contributed by atoms with E-state index in [1.165, 1.54) is 35.1 Å². The molecule has 3 aromatic rings. The van der Waals surface area contributed by atoms with Gasteiger partial charge in [-0.05, 0) is 71.6 Å². The van der Waals surface area contributed by atoms with Gasteiger partial charge in [0.15, 0.2) is 0 Å². The Morgan fingerprint density at radius 1 is 0.708 bits per heavy atom. The summed E-state index contributed by atoms with van der Waals surface area (Å²) in [6.45, 7) is 0. The molecule has 0 N–H and O–H groups in total. The molecule has 2 nitrogen and oxygen atoms in total. The summed E-state index contributed by atoms with van der Waals surface area (Å²) in [6, 6.07) is 15.5. The minimum absolute atomic E-state index is 0.465. The zero-order chi connectivity index (χ0) is 15.9. The van der Waals surface area contributed by atoms with Crippen LogP contribution in [0.15, 0.2) is 54.9 Å². The van der Waals surface area contributed by atoms with Gasteiger partial charge in [-0.1, -0.05) is 36.4 Å². The molecule has 0 saturated carbocycles. The number of rotatable bonds is 1. The second-order valence-electron chi connectivity index (χ2n) is 6.93. The van der Waals surface area contributed by atoms with Crippen molar-refractivity contribution in [3.05, 3.63) is 82.9 Å². The zero-order valence-electron chi connectivity index (χ0n) is 13.7. The van der Waals surface area contributed by atoms with Crippen LogP contribution in [0.1, 0.15) is 40.4 Å². The third-order valence-electron chi connectivity index (χ3n) is 5.64. The maximum absolute atomic E-state index is 4.48. The first-order valence-corrected chi connectivity index (χ1v) is 8.89. The zero-order valence-corrected chi connectivity index (χ0v) is 13.7. The van der Waals surface area contributed by atoms with E-state index in [4.69, 9.17) is 0 Å². The number of benzene rings is 2. The highest BCUT2D eigenvalue weighted by Gasteiger charge is 2.26. The topological polar surface area (TPSA) is 25.8 Å². The van der Waals surface area contributed by atoms with E-state index in [0.717, 1.165) is 25.1 Å². The molecule has 1 heterocycles. The van der Waals surface area contributed by atoms with E-state index in [-0.39, 0.29) is 0 Å². The predicted octanol–water partition coefficient (Wildman–Crippen LogP) is 4.51. The van der Waals surface area contributed by atoms with Gasteiger partial charge in [0, 0.05) is 18.3 Å². The maximum Gasteiger partial charge on any atom is 0.131 e. The average molecular weight is 312 g/mol. The average Bonchev–Trinajstić information content (AvgIpc) is 2.67. The fourth-order valence-electron chi connectivity index (χ4n) is 4.47. The Morgan fingerprint density at radius 2 is 1.58 bits per heavy atom. The summed E-state index contributed by atoms with van der Waals surface area (Å²) < 4.78 is 0. The molecule has 0 amide bonds. The van der Waals surface area contributed by atoms with Gasteiger partial charge in [-0.3, -0.25) is 0 Å². The van der Waals surface area contributed by atoms with Crippen molar-refractivity contribution in [1.82, 2.24) is 9.97 Å². The Balaban J connectivity index is 1.55. The molecule has 1 unspecified atom stereocenters. The monoisotopic (exact) mass is 312 g/mol. The fourth-order valence-corrected chi connectivity index (χ4v) is 4.47. The minimum atomic E-state index is 0.465. The molecular formula is C22H20N2. The van der Waals surface area contributed by atoms with Crippen LogP contribution >= 0.6 is 0 Å². The molecule has 5 rings (SSSR count). The number of hydrogen-bond acceptors (Lipinski definition) is 2. The van der Waals surface area contributed by atoms with E-state index < -0.39 is 0 Å². The first-order valence-electron chi connectivity index (χ1n) is 8.89. The lowest BCUT2D eigenvalue weighted by molar-refractivity contribution is 0.551. The van der Waals surface area contributed by atoms with Crippen molar-refractivity contribution in [2.45, 2.75) is 38.0 Å². The Morgan fingerprint density at radius 3 is 2.50 bits per heavy atom. The minimum Gasteiger partial charge on any atom is -0.241 e. The SMILES string of the molecule is c1cnc(C2CCc3c(ccc4c3CCc3ccccc3-4)C2)nc1. The molecule has 0 radical (unpaired) electrons. The number of nitrogens with zero attached hydrogens (tertiary/aromatic N) is 2. The molecule has 1 atom stereocenters. The van der Waals surface area contributed by atoms with Crippen LogP contribution in [0.4, 0.5) is 0 Å². The second kappa shape index (κ2) is 5.55. The molecule has 2 aliphatic carbocycles. The second-order valence-corrected chi connectivity index (χ2v) is 6.93. The van der Waals surface area contributed by atoms with E-state index in [9.17, 15) is 0 Å². The molecule has 2 heteroatoms. The van der Waals surface area contributed by atoms with Gasteiger partial charge in [0.1, 0.15) is 5.82 Å². The molecule has 2 aromatic carbocycles. The largest absolute Gasteiger partial charge is 0.241 e. The lowest BCUT2D eigenvalue weighted by atomic mass is 9.75. The van der Waals surface area contributed by atoms with Crippen LogP contribution in [0, 0.1) is 0 Å². The van der Waals surface area contributed by atoms with Crippen molar-refractivity contribution in [3.8, 4) is 11.1 Å². The first kappa shape index (κ1) is 13.9. The van der Waals surface area contributed by atoms with Gasteiger partial charge < -0.3 is 0 Å². The van der Waals surface area contributed by atoms with Gasteiger partial charge in [-0.25, -0.2) is 9.97 Å². The van der Waals surface area contributed by atoms with E-state index >= 15 is 0 Å². The van der Waals surface area contributed by atoms with Gasteiger partial charge in [0.25, 0.3) is 0 Å². The lowest BCUT2D eigenvalue weighted by Gasteiger charge is -2.29. The molecule has 0 fully saturated rings. The molecule has 2 aliphatic rings. The van der Waals surface area contributed by atoms with Crippen molar-refractivity contribution in [1.29, 1.82) is 0 Å². The van der Waals surface area contributed by atoms with E-state index in [1.807, 2.05) is 18.5 Å². The molecule has 0 saturated heterocycles. The Bertz CT molecular complexity index is 899. The van der Waals surface area contributed by atoms with Crippen LogP contribution in [0.3, 0.4) is 0 Å². The van der Waals surface area contributed by atoms with Gasteiger partial charge >= 0.3 is 0 Å². The summed E-state index contributed by atoms with van der Waals surface area (Å²) in [6.07, 6.45) is 9.48. The molecule has 118 valence electrons. The molecular weight excluding hydrogens is 292 g/mol. The van der Waals surface area contributed by atoms with Crippen LogP contribution in [0.25, 0.3) is 11.1 Å². The smallest absolute Gasteiger partial charge is 0.131 e. The fraction of sp³-hybridized carbons (Fsp3) is 0.273. The highest BCUT2D eigenvalue weighted by Crippen LogP contribution is 2.40. The molecule has 1 aromatic heterocycles. The summed E-state index contributed by atoms with van der Waals surface area (Å²) in [5.74, 6) is 1.47. The predicted molar refractivity (Wildman–Crippen MR) is 96.1 cm³/mol. The molecule has 0 bridgehead atoms. The van der Waals surface area contributed by atoms with E-state index in [1.54, 1.807) is 11.1 Å². The van der Waals surface area contributed by atoms with Crippen molar-refractivity contribution in [3.63, 3.8) is 0 Å². The van der Waals surface area contributed by atoms with Crippen molar-refractivity contribution in [2.24, 2.45) is 0 Å². The van der Waals surface area contributed by atoms with E-state index in [0.29, 0.717) is 5.92 Å².